The van der Waals surface area contributed by atoms with Gasteiger partial charge in [-0.05, 0) is 71.8 Å². The molecule has 12 aromatic rings. The van der Waals surface area contributed by atoms with E-state index in [4.69, 9.17) is 15.0 Å². The molecule has 298 valence electrons. The van der Waals surface area contributed by atoms with E-state index in [0.29, 0.717) is 5.56 Å². The normalized spacial score (nSPS) is 11.4. The first-order chi connectivity index (χ1) is 31.7. The van der Waals surface area contributed by atoms with Gasteiger partial charge in [-0.15, -0.1) is 0 Å². The van der Waals surface area contributed by atoms with Gasteiger partial charge in [0.05, 0.1) is 57.0 Å². The molecule has 5 heterocycles. The van der Waals surface area contributed by atoms with Gasteiger partial charge in [0.1, 0.15) is 5.82 Å². The summed E-state index contributed by atoms with van der Waals surface area (Å²) >= 11 is 0. The van der Waals surface area contributed by atoms with Crippen molar-refractivity contribution in [2.24, 2.45) is 0 Å². The highest BCUT2D eigenvalue weighted by atomic mass is 15.1. The molecule has 0 amide bonds. The molecule has 0 radical (unpaired) electrons. The van der Waals surface area contributed by atoms with Gasteiger partial charge in [0.15, 0.2) is 0 Å². The molecule has 12 rings (SSSR count). The fraction of sp³-hybridized carbons (Fsp3) is 0. The van der Waals surface area contributed by atoms with Crippen LogP contribution < -0.4 is 0 Å². The minimum atomic E-state index is 0.592. The molecular formula is C58H36N6. The standard InChI is InChI=1S/C58H36N6/c59-34-42-17-7-8-18-45(42)50-33-58(64-54-22-12-10-20-47(54)49-32-41(26-30-56(49)64)44-24-28-52(61-36-44)39-15-5-2-6-16-39)62-37-57(50)63-53-21-11-9-19-46(53)48-31-40(25-29-55(48)63)43-23-27-51(60-35-43)38-13-3-1-4-14-38/h1-33,35-37H. The van der Waals surface area contributed by atoms with E-state index in [-0.39, 0.29) is 0 Å². The van der Waals surface area contributed by atoms with Crippen molar-refractivity contribution in [3.63, 3.8) is 0 Å². The monoisotopic (exact) mass is 816 g/mol. The van der Waals surface area contributed by atoms with Crippen molar-refractivity contribution in [3.05, 3.63) is 224 Å². The molecule has 0 saturated heterocycles. The van der Waals surface area contributed by atoms with Gasteiger partial charge in [0.2, 0.25) is 0 Å². The van der Waals surface area contributed by atoms with Gasteiger partial charge < -0.3 is 4.57 Å². The Labute approximate surface area is 369 Å². The van der Waals surface area contributed by atoms with E-state index < -0.39 is 0 Å². The van der Waals surface area contributed by atoms with E-state index in [1.54, 1.807) is 0 Å². The summed E-state index contributed by atoms with van der Waals surface area (Å²) in [6.07, 6.45) is 5.88. The van der Waals surface area contributed by atoms with Gasteiger partial charge in [0, 0.05) is 67.3 Å². The van der Waals surface area contributed by atoms with Gasteiger partial charge in [0.25, 0.3) is 0 Å². The molecule has 0 fully saturated rings. The van der Waals surface area contributed by atoms with Crippen molar-refractivity contribution in [2.45, 2.75) is 0 Å². The van der Waals surface area contributed by atoms with E-state index in [2.05, 4.69) is 155 Å². The van der Waals surface area contributed by atoms with Crippen molar-refractivity contribution in [3.8, 4) is 73.5 Å². The lowest BCUT2D eigenvalue weighted by Crippen LogP contribution is -2.04. The Morgan fingerprint density at radius 1 is 0.344 bits per heavy atom. The molecule has 0 spiro atoms. The summed E-state index contributed by atoms with van der Waals surface area (Å²) in [7, 11) is 0. The average Bonchev–Trinajstić information content (AvgIpc) is 3.89. The van der Waals surface area contributed by atoms with Gasteiger partial charge >= 0.3 is 0 Å². The Hall–Kier alpha value is -8.92. The molecule has 0 aliphatic heterocycles. The number of hydrogen-bond acceptors (Lipinski definition) is 4. The van der Waals surface area contributed by atoms with E-state index in [0.717, 1.165) is 111 Å². The highest BCUT2D eigenvalue weighted by Gasteiger charge is 2.21. The molecule has 0 aliphatic carbocycles. The number of para-hydroxylation sites is 2. The van der Waals surface area contributed by atoms with E-state index in [1.165, 1.54) is 0 Å². The maximum atomic E-state index is 10.5. The summed E-state index contributed by atoms with van der Waals surface area (Å²) in [5.74, 6) is 0.758. The first kappa shape index (κ1) is 36.9. The largest absolute Gasteiger partial charge is 0.307 e. The fourth-order valence-corrected chi connectivity index (χ4v) is 9.27. The number of benzene rings is 7. The Balaban J connectivity index is 1.01. The Kier molecular flexibility index (Phi) is 8.77. The van der Waals surface area contributed by atoms with Gasteiger partial charge in [-0.3, -0.25) is 14.5 Å². The van der Waals surface area contributed by atoms with Crippen LogP contribution in [0.15, 0.2) is 219 Å². The summed E-state index contributed by atoms with van der Waals surface area (Å²) < 4.78 is 4.53. The summed E-state index contributed by atoms with van der Waals surface area (Å²) in [6, 6.07) is 71.7. The van der Waals surface area contributed by atoms with Crippen molar-refractivity contribution in [2.75, 3.05) is 0 Å². The predicted molar refractivity (Wildman–Crippen MR) is 260 cm³/mol. The molecule has 0 N–H and O–H groups in total. The van der Waals surface area contributed by atoms with Crippen LogP contribution in [0.5, 0.6) is 0 Å². The van der Waals surface area contributed by atoms with Crippen LogP contribution in [0.1, 0.15) is 5.56 Å². The SMILES string of the molecule is N#Cc1ccccc1-c1cc(-n2c3ccccc3c3cc(-c4ccc(-c5ccccc5)nc4)ccc32)ncc1-n1c2ccccc2c2cc(-c3ccc(-c4ccccc4)nc3)ccc21. The Bertz CT molecular complexity index is 3770. The number of aromatic nitrogens is 5. The molecule has 64 heavy (non-hydrogen) atoms. The predicted octanol–water partition coefficient (Wildman–Crippen LogP) is 14.3. The summed E-state index contributed by atoms with van der Waals surface area (Å²) in [4.78, 5) is 15.0. The zero-order chi connectivity index (χ0) is 42.6. The van der Waals surface area contributed by atoms with Crippen molar-refractivity contribution in [1.29, 1.82) is 5.26 Å². The average molecular weight is 817 g/mol. The van der Waals surface area contributed by atoms with Crippen LogP contribution >= 0.6 is 0 Å². The van der Waals surface area contributed by atoms with Crippen LogP contribution in [0.25, 0.3) is 111 Å². The zero-order valence-electron chi connectivity index (χ0n) is 34.5. The smallest absolute Gasteiger partial charge is 0.138 e. The lowest BCUT2D eigenvalue weighted by atomic mass is 9.99. The van der Waals surface area contributed by atoms with E-state index in [9.17, 15) is 5.26 Å². The van der Waals surface area contributed by atoms with E-state index >= 15 is 0 Å². The van der Waals surface area contributed by atoms with E-state index in [1.807, 2.05) is 79.3 Å². The maximum absolute atomic E-state index is 10.5. The molecule has 0 bridgehead atoms. The van der Waals surface area contributed by atoms with Gasteiger partial charge in [-0.25, -0.2) is 4.98 Å². The lowest BCUT2D eigenvalue weighted by molar-refractivity contribution is 1.06. The third-order valence-electron chi connectivity index (χ3n) is 12.4. The molecule has 0 aliphatic rings. The number of rotatable bonds is 7. The molecule has 5 aromatic heterocycles. The zero-order valence-corrected chi connectivity index (χ0v) is 34.5. The number of nitrogens with zero attached hydrogens (tertiary/aromatic N) is 6. The Morgan fingerprint density at radius 3 is 1.39 bits per heavy atom. The third kappa shape index (κ3) is 6.14. The summed E-state index contributed by atoms with van der Waals surface area (Å²) in [6.45, 7) is 0. The molecule has 0 saturated carbocycles. The molecular weight excluding hydrogens is 781 g/mol. The molecule has 7 aromatic carbocycles. The fourth-order valence-electron chi connectivity index (χ4n) is 9.27. The lowest BCUT2D eigenvalue weighted by Gasteiger charge is -2.17. The maximum Gasteiger partial charge on any atom is 0.138 e. The highest BCUT2D eigenvalue weighted by Crippen LogP contribution is 2.41. The third-order valence-corrected chi connectivity index (χ3v) is 12.4. The van der Waals surface area contributed by atoms with Crippen LogP contribution in [0.4, 0.5) is 0 Å². The van der Waals surface area contributed by atoms with Crippen LogP contribution in [-0.2, 0) is 0 Å². The van der Waals surface area contributed by atoms with Crippen molar-refractivity contribution in [1.82, 2.24) is 24.1 Å². The number of nitriles is 1. The van der Waals surface area contributed by atoms with Crippen molar-refractivity contribution >= 4 is 43.6 Å². The summed E-state index contributed by atoms with van der Waals surface area (Å²) in [5, 5.41) is 15.0. The Morgan fingerprint density at radius 2 is 0.828 bits per heavy atom. The quantitative estimate of drug-likeness (QED) is 0.161. The summed E-state index contributed by atoms with van der Waals surface area (Å²) in [5.41, 5.74) is 15.7. The van der Waals surface area contributed by atoms with Crippen LogP contribution in [0.3, 0.4) is 0 Å². The molecule has 6 nitrogen and oxygen atoms in total. The number of hydrogen-bond donors (Lipinski definition) is 0. The first-order valence-corrected chi connectivity index (χ1v) is 21.3. The molecule has 6 heteroatoms. The topological polar surface area (TPSA) is 72.3 Å². The second-order valence-electron chi connectivity index (χ2n) is 16.0. The van der Waals surface area contributed by atoms with Gasteiger partial charge in [-0.1, -0.05) is 140 Å². The second kappa shape index (κ2) is 15.2. The number of pyridine rings is 3. The minimum absolute atomic E-state index is 0.592. The first-order valence-electron chi connectivity index (χ1n) is 21.3. The van der Waals surface area contributed by atoms with Crippen molar-refractivity contribution < 1.29 is 0 Å². The van der Waals surface area contributed by atoms with Crippen LogP contribution in [0.2, 0.25) is 0 Å². The highest BCUT2D eigenvalue weighted by molar-refractivity contribution is 6.12. The molecule has 0 atom stereocenters. The van der Waals surface area contributed by atoms with Gasteiger partial charge in [-0.2, -0.15) is 5.26 Å². The number of fused-ring (bicyclic) bond motifs is 6. The second-order valence-corrected chi connectivity index (χ2v) is 16.0. The molecule has 0 unspecified atom stereocenters. The minimum Gasteiger partial charge on any atom is -0.307 e. The van der Waals surface area contributed by atoms with Crippen LogP contribution in [-0.4, -0.2) is 24.1 Å². The van der Waals surface area contributed by atoms with Crippen LogP contribution in [0, 0.1) is 11.3 Å².